The number of ether oxygens (including phenoxy) is 1. The van der Waals surface area contributed by atoms with Gasteiger partial charge in [0, 0.05) is 23.9 Å². The second-order valence-electron chi connectivity index (χ2n) is 9.02. The van der Waals surface area contributed by atoms with Crippen LogP contribution < -0.4 is 10.6 Å². The van der Waals surface area contributed by atoms with Crippen LogP contribution in [0.3, 0.4) is 0 Å². The maximum atomic E-state index is 12.8. The number of nitrogens with one attached hydrogen (secondary N) is 3. The van der Waals surface area contributed by atoms with Gasteiger partial charge in [0.25, 0.3) is 5.91 Å². The highest BCUT2D eigenvalue weighted by molar-refractivity contribution is 14.1. The Labute approximate surface area is 226 Å². The van der Waals surface area contributed by atoms with Crippen LogP contribution in [0, 0.1) is 22.7 Å². The third-order valence-electron chi connectivity index (χ3n) is 5.93. The highest BCUT2D eigenvalue weighted by Gasteiger charge is 2.32. The van der Waals surface area contributed by atoms with Crippen LogP contribution in [0.5, 0.6) is 0 Å². The molecule has 0 aromatic carbocycles. The van der Waals surface area contributed by atoms with E-state index in [-0.39, 0.29) is 30.0 Å². The second kappa shape index (κ2) is 14.0. The molecule has 1 amide bonds. The molecule has 0 unspecified atom stereocenters. The molecule has 0 radical (unpaired) electrons. The quantitative estimate of drug-likeness (QED) is 0.0622. The fraction of sp³-hybridized carbons (Fsp3) is 0.462. The monoisotopic (exact) mass is 607 g/mol. The number of oxime groups is 1. The van der Waals surface area contributed by atoms with Crippen LogP contribution in [0.2, 0.25) is 0 Å². The van der Waals surface area contributed by atoms with E-state index in [9.17, 15) is 9.90 Å². The van der Waals surface area contributed by atoms with Crippen molar-refractivity contribution in [1.29, 1.82) is 10.7 Å². The zero-order chi connectivity index (χ0) is 26.7. The minimum atomic E-state index is -0.912. The van der Waals surface area contributed by atoms with E-state index in [4.69, 9.17) is 20.6 Å². The predicted octanol–water partition coefficient (Wildman–Crippen LogP) is 4.36. The molecule has 0 aromatic heterocycles. The molecular weight excluding hydrogens is 573 g/mol. The SMILES string of the molecule is CCOC1=CC(=N)/C(=C\N[C@H]2CC[C@@](O)(CC#N)CC2)C=C1NC(=O)/C(I)=C/C=C\C(=N\O)C(C)C. The van der Waals surface area contributed by atoms with Crippen LogP contribution in [0.4, 0.5) is 0 Å². The molecule has 194 valence electrons. The molecule has 0 atom stereocenters. The number of amides is 1. The molecule has 1 saturated carbocycles. The number of nitriles is 1. The van der Waals surface area contributed by atoms with E-state index in [1.54, 1.807) is 36.6 Å². The molecule has 2 aliphatic carbocycles. The lowest BCUT2D eigenvalue weighted by Crippen LogP contribution is -2.39. The first-order valence-corrected chi connectivity index (χ1v) is 13.0. The van der Waals surface area contributed by atoms with Gasteiger partial charge in [-0.1, -0.05) is 25.1 Å². The van der Waals surface area contributed by atoms with Gasteiger partial charge in [0.1, 0.15) is 5.76 Å². The molecule has 0 aliphatic heterocycles. The van der Waals surface area contributed by atoms with E-state index in [0.717, 1.165) is 12.8 Å². The van der Waals surface area contributed by atoms with Crippen LogP contribution in [0.25, 0.3) is 0 Å². The minimum Gasteiger partial charge on any atom is -0.492 e. The van der Waals surface area contributed by atoms with Gasteiger partial charge in [0.15, 0.2) is 0 Å². The van der Waals surface area contributed by atoms with Crippen LogP contribution >= 0.6 is 22.6 Å². The van der Waals surface area contributed by atoms with Crippen LogP contribution in [0.15, 0.2) is 62.3 Å². The number of rotatable bonds is 10. The molecular formula is C26H34IN5O4. The molecule has 1 fully saturated rings. The lowest BCUT2D eigenvalue weighted by Gasteiger charge is -2.34. The zero-order valence-electron chi connectivity index (χ0n) is 20.8. The summed E-state index contributed by atoms with van der Waals surface area (Å²) in [4.78, 5) is 12.8. The summed E-state index contributed by atoms with van der Waals surface area (Å²) >= 11 is 1.93. The summed E-state index contributed by atoms with van der Waals surface area (Å²) in [6.07, 6.45) is 12.6. The molecule has 0 saturated heterocycles. The van der Waals surface area contributed by atoms with Crippen molar-refractivity contribution in [2.45, 2.75) is 64.5 Å². The van der Waals surface area contributed by atoms with Crippen molar-refractivity contribution in [3.05, 3.63) is 57.2 Å². The fourth-order valence-corrected chi connectivity index (χ4v) is 4.11. The first-order valence-electron chi connectivity index (χ1n) is 11.9. The van der Waals surface area contributed by atoms with Crippen LogP contribution in [-0.2, 0) is 9.53 Å². The second-order valence-corrected chi connectivity index (χ2v) is 10.2. The highest BCUT2D eigenvalue weighted by Crippen LogP contribution is 2.31. The highest BCUT2D eigenvalue weighted by atomic mass is 127. The van der Waals surface area contributed by atoms with Crippen molar-refractivity contribution in [1.82, 2.24) is 10.6 Å². The Bertz CT molecular complexity index is 1050. The van der Waals surface area contributed by atoms with E-state index in [0.29, 0.717) is 45.8 Å². The summed E-state index contributed by atoms with van der Waals surface area (Å²) in [6.45, 7) is 6.01. The smallest absolute Gasteiger partial charge is 0.261 e. The van der Waals surface area contributed by atoms with Gasteiger partial charge in [0.05, 0.1) is 45.4 Å². The minimum absolute atomic E-state index is 0.0453. The first kappa shape index (κ1) is 29.3. The summed E-state index contributed by atoms with van der Waals surface area (Å²) in [5.74, 6) is 0.110. The van der Waals surface area contributed by atoms with Gasteiger partial charge in [-0.05, 0) is 79.3 Å². The average Bonchev–Trinajstić information content (AvgIpc) is 2.83. The van der Waals surface area contributed by atoms with Gasteiger partial charge in [-0.15, -0.1) is 0 Å². The maximum absolute atomic E-state index is 12.8. The van der Waals surface area contributed by atoms with Gasteiger partial charge in [-0.2, -0.15) is 5.26 Å². The average molecular weight is 607 g/mol. The number of hydrogen-bond donors (Lipinski definition) is 5. The molecule has 0 spiro atoms. The molecule has 0 bridgehead atoms. The number of nitrogens with zero attached hydrogens (tertiary/aromatic N) is 2. The number of halogens is 1. The molecule has 5 N–H and O–H groups in total. The van der Waals surface area contributed by atoms with Crippen molar-refractivity contribution in [2.75, 3.05) is 6.61 Å². The summed E-state index contributed by atoms with van der Waals surface area (Å²) in [5, 5.41) is 46.1. The molecule has 10 heteroatoms. The Morgan fingerprint density at radius 2 is 2.11 bits per heavy atom. The van der Waals surface area contributed by atoms with E-state index in [1.807, 2.05) is 43.4 Å². The molecule has 9 nitrogen and oxygen atoms in total. The number of carbonyl (C=O) groups excluding carboxylic acids is 1. The van der Waals surface area contributed by atoms with Gasteiger partial charge >= 0.3 is 0 Å². The Morgan fingerprint density at radius 1 is 1.42 bits per heavy atom. The normalized spacial score (nSPS) is 24.4. The standard InChI is InChI=1S/C26H34IN5O4/c1-4-36-24-15-21(29)18(16-30-19-8-10-26(34,11-9-19)12-13-28)14-23(24)31-25(33)20(27)6-5-7-22(32-35)17(2)3/h5-7,14-17,19,29-30,34-35H,4,8-12H2,1-3H3,(H,31,33)/b7-5-,18-16-,20-6-,29-21?,32-22-/t19-,26-. The summed E-state index contributed by atoms with van der Waals surface area (Å²) in [5.41, 5.74) is 0.875. The molecule has 2 aliphatic rings. The van der Waals surface area contributed by atoms with Gasteiger partial charge in [-0.25, -0.2) is 0 Å². The van der Waals surface area contributed by atoms with E-state index >= 15 is 0 Å². The van der Waals surface area contributed by atoms with Crippen LogP contribution in [-0.4, -0.2) is 45.9 Å². The van der Waals surface area contributed by atoms with Crippen molar-refractivity contribution in [2.24, 2.45) is 11.1 Å². The van der Waals surface area contributed by atoms with Crippen molar-refractivity contribution in [3.63, 3.8) is 0 Å². The summed E-state index contributed by atoms with van der Waals surface area (Å²) in [7, 11) is 0. The fourth-order valence-electron chi connectivity index (χ4n) is 3.77. The third kappa shape index (κ3) is 8.64. The maximum Gasteiger partial charge on any atom is 0.261 e. The Balaban J connectivity index is 2.12. The largest absolute Gasteiger partial charge is 0.492 e. The number of hydrogen-bond acceptors (Lipinski definition) is 8. The number of allylic oxidation sites excluding steroid dienone is 6. The Morgan fingerprint density at radius 3 is 2.69 bits per heavy atom. The van der Waals surface area contributed by atoms with E-state index in [1.165, 1.54) is 0 Å². The lowest BCUT2D eigenvalue weighted by atomic mass is 9.80. The lowest BCUT2D eigenvalue weighted by molar-refractivity contribution is -0.116. The van der Waals surface area contributed by atoms with E-state index in [2.05, 4.69) is 21.9 Å². The number of aliphatic hydroxyl groups is 1. The van der Waals surface area contributed by atoms with Crippen molar-refractivity contribution >= 4 is 39.9 Å². The zero-order valence-corrected chi connectivity index (χ0v) is 23.0. The topological polar surface area (TPSA) is 151 Å². The van der Waals surface area contributed by atoms with Gasteiger partial charge in [-0.3, -0.25) is 4.79 Å². The third-order valence-corrected chi connectivity index (χ3v) is 6.78. The summed E-state index contributed by atoms with van der Waals surface area (Å²) < 4.78 is 6.06. The van der Waals surface area contributed by atoms with Gasteiger partial charge < -0.3 is 31.1 Å². The predicted molar refractivity (Wildman–Crippen MR) is 148 cm³/mol. The molecule has 0 heterocycles. The molecule has 2 rings (SSSR count). The molecule has 36 heavy (non-hydrogen) atoms. The summed E-state index contributed by atoms with van der Waals surface area (Å²) in [6, 6.07) is 2.18. The first-order chi connectivity index (χ1) is 17.1. The van der Waals surface area contributed by atoms with Gasteiger partial charge in [0.2, 0.25) is 0 Å². The van der Waals surface area contributed by atoms with Crippen LogP contribution in [0.1, 0.15) is 52.9 Å². The number of carbonyl (C=O) groups is 1. The Hall–Kier alpha value is -2.91. The van der Waals surface area contributed by atoms with E-state index < -0.39 is 5.60 Å². The molecule has 0 aromatic rings. The van der Waals surface area contributed by atoms with Crippen molar-refractivity contribution in [3.8, 4) is 6.07 Å². The Kier molecular flexibility index (Phi) is 11.4. The van der Waals surface area contributed by atoms with Crippen molar-refractivity contribution < 1.29 is 19.8 Å².